The van der Waals surface area contributed by atoms with Crippen LogP contribution in [-0.4, -0.2) is 88.3 Å². The minimum Gasteiger partial charge on any atom is -0.494 e. The molecule has 12 heteroatoms. The van der Waals surface area contributed by atoms with Gasteiger partial charge in [0.2, 0.25) is 5.95 Å². The zero-order chi connectivity index (χ0) is 31.0. The number of nitrogens with zero attached hydrogens (tertiary/aromatic N) is 8. The van der Waals surface area contributed by atoms with Gasteiger partial charge in [-0.15, -0.1) is 0 Å². The van der Waals surface area contributed by atoms with Crippen molar-refractivity contribution in [3.63, 3.8) is 0 Å². The number of rotatable bonds is 11. The van der Waals surface area contributed by atoms with Crippen molar-refractivity contribution in [3.8, 4) is 28.7 Å². The lowest BCUT2D eigenvalue weighted by molar-refractivity contribution is 0.0115. The Morgan fingerprint density at radius 3 is 2.53 bits per heavy atom. The van der Waals surface area contributed by atoms with Gasteiger partial charge in [0.15, 0.2) is 0 Å². The number of hydrogen-bond donors (Lipinski definition) is 1. The number of ether oxygens (including phenoxy) is 3. The van der Waals surface area contributed by atoms with Crippen molar-refractivity contribution in [2.45, 2.75) is 44.9 Å². The molecule has 45 heavy (non-hydrogen) atoms. The molecule has 234 valence electrons. The Balaban J connectivity index is 1.08. The van der Waals surface area contributed by atoms with E-state index >= 15 is 0 Å². The number of piperidine rings is 1. The topological polar surface area (TPSA) is 126 Å². The van der Waals surface area contributed by atoms with Crippen LogP contribution in [0, 0.1) is 11.3 Å². The van der Waals surface area contributed by atoms with Crippen LogP contribution in [0.1, 0.15) is 31.7 Å². The summed E-state index contributed by atoms with van der Waals surface area (Å²) in [5.41, 5.74) is 4.10. The van der Waals surface area contributed by atoms with Gasteiger partial charge in [0.05, 0.1) is 37.7 Å². The summed E-state index contributed by atoms with van der Waals surface area (Å²) >= 11 is 0. The average Bonchev–Trinajstić information content (AvgIpc) is 3.62. The van der Waals surface area contributed by atoms with Gasteiger partial charge in [0.1, 0.15) is 30.2 Å². The van der Waals surface area contributed by atoms with E-state index in [1.54, 1.807) is 36.6 Å². The van der Waals surface area contributed by atoms with E-state index in [0.29, 0.717) is 29.8 Å². The van der Waals surface area contributed by atoms with Crippen LogP contribution in [0.5, 0.6) is 11.5 Å². The highest BCUT2D eigenvalue weighted by Crippen LogP contribution is 2.34. The molecule has 4 aromatic rings. The third kappa shape index (κ3) is 7.50. The van der Waals surface area contributed by atoms with Crippen LogP contribution >= 0.6 is 0 Å². The van der Waals surface area contributed by atoms with Crippen LogP contribution in [-0.2, 0) is 11.3 Å². The maximum atomic E-state index is 9.64. The molecule has 2 aromatic heterocycles. The molecular formula is C33H39N9O3. The van der Waals surface area contributed by atoms with Crippen LogP contribution in [0.25, 0.3) is 11.1 Å². The minimum absolute atomic E-state index is 0.123. The van der Waals surface area contributed by atoms with E-state index in [1.165, 1.54) is 6.33 Å². The van der Waals surface area contributed by atoms with Crippen LogP contribution in [0.4, 0.5) is 17.3 Å². The van der Waals surface area contributed by atoms with Crippen molar-refractivity contribution >= 4 is 17.3 Å². The van der Waals surface area contributed by atoms with E-state index in [4.69, 9.17) is 14.2 Å². The molecule has 4 heterocycles. The first-order chi connectivity index (χ1) is 22.1. The molecule has 0 bridgehead atoms. The zero-order valence-corrected chi connectivity index (χ0v) is 25.8. The van der Waals surface area contributed by atoms with Crippen LogP contribution in [0.2, 0.25) is 0 Å². The van der Waals surface area contributed by atoms with Gasteiger partial charge in [-0.2, -0.15) is 10.4 Å². The van der Waals surface area contributed by atoms with Gasteiger partial charge in [-0.1, -0.05) is 6.07 Å². The molecule has 0 aliphatic carbocycles. The van der Waals surface area contributed by atoms with Gasteiger partial charge in [0, 0.05) is 74.9 Å². The predicted octanol–water partition coefficient (Wildman–Crippen LogP) is 4.52. The highest BCUT2D eigenvalue weighted by molar-refractivity contribution is 5.70. The summed E-state index contributed by atoms with van der Waals surface area (Å²) in [6.07, 6.45) is 9.60. The van der Waals surface area contributed by atoms with E-state index in [0.717, 1.165) is 86.9 Å². The lowest BCUT2D eigenvalue weighted by Crippen LogP contribution is -2.49. The first kappa shape index (κ1) is 30.3. The predicted molar refractivity (Wildman–Crippen MR) is 171 cm³/mol. The molecule has 2 aliphatic rings. The Bertz CT molecular complexity index is 1580. The van der Waals surface area contributed by atoms with Crippen molar-refractivity contribution in [2.24, 2.45) is 0 Å². The monoisotopic (exact) mass is 609 g/mol. The maximum absolute atomic E-state index is 9.64. The fourth-order valence-electron chi connectivity index (χ4n) is 5.90. The fourth-order valence-corrected chi connectivity index (χ4v) is 5.90. The number of methoxy groups -OCH3 is 1. The number of morpholine rings is 1. The molecule has 1 N–H and O–H groups in total. The van der Waals surface area contributed by atoms with Gasteiger partial charge in [-0.05, 0) is 49.6 Å². The quantitative estimate of drug-likeness (QED) is 0.258. The smallest absolute Gasteiger partial charge is 0.227 e. The molecule has 2 saturated heterocycles. The molecule has 2 aliphatic heterocycles. The normalized spacial score (nSPS) is 16.6. The second-order valence-electron chi connectivity index (χ2n) is 11.4. The number of benzene rings is 2. The van der Waals surface area contributed by atoms with E-state index in [9.17, 15) is 5.26 Å². The summed E-state index contributed by atoms with van der Waals surface area (Å²) in [5.74, 6) is 1.73. The van der Waals surface area contributed by atoms with Crippen molar-refractivity contribution in [1.82, 2.24) is 29.6 Å². The lowest BCUT2D eigenvalue weighted by Gasteiger charge is -2.40. The Labute approximate surface area is 263 Å². The van der Waals surface area contributed by atoms with E-state index in [2.05, 4.69) is 53.4 Å². The third-order valence-corrected chi connectivity index (χ3v) is 8.47. The molecule has 0 spiro atoms. The molecule has 0 saturated carbocycles. The lowest BCUT2D eigenvalue weighted by atomic mass is 10.0. The Morgan fingerprint density at radius 2 is 1.82 bits per heavy atom. The molecule has 1 atom stereocenters. The Kier molecular flexibility index (Phi) is 9.68. The van der Waals surface area contributed by atoms with Crippen LogP contribution < -0.4 is 19.7 Å². The van der Waals surface area contributed by atoms with Crippen molar-refractivity contribution in [3.05, 3.63) is 67.0 Å². The molecule has 2 fully saturated rings. The molecule has 0 radical (unpaired) electrons. The van der Waals surface area contributed by atoms with Gasteiger partial charge < -0.3 is 24.4 Å². The second kappa shape index (κ2) is 14.4. The standard InChI is InChI=1S/C33H39N9O3/c1-24(7-12-42-23-35-22-38-42)45-31-17-25(3-4-26(31)19-34)27-20-36-33(37-21-27)39-30-6-5-29(18-32(30)43-2)40-10-8-28(9-11-40)41-13-15-44-16-14-41/h3-6,17-18,20-24,28H,7-16H2,1-2H3,(H,36,37,39). The van der Waals surface area contributed by atoms with E-state index in [1.807, 2.05) is 25.1 Å². The third-order valence-electron chi connectivity index (χ3n) is 8.47. The van der Waals surface area contributed by atoms with E-state index < -0.39 is 0 Å². The largest absolute Gasteiger partial charge is 0.494 e. The molecule has 0 amide bonds. The molecular weight excluding hydrogens is 570 g/mol. The maximum Gasteiger partial charge on any atom is 0.227 e. The summed E-state index contributed by atoms with van der Waals surface area (Å²) in [6.45, 7) is 8.45. The second-order valence-corrected chi connectivity index (χ2v) is 11.4. The highest BCUT2D eigenvalue weighted by Gasteiger charge is 2.26. The molecule has 6 rings (SSSR count). The Morgan fingerprint density at radius 1 is 1.02 bits per heavy atom. The fraction of sp³-hybridized carbons (Fsp3) is 0.424. The number of nitriles is 1. The van der Waals surface area contributed by atoms with Crippen LogP contribution in [0.3, 0.4) is 0 Å². The number of aryl methyl sites for hydroxylation is 1. The summed E-state index contributed by atoms with van der Waals surface area (Å²) in [7, 11) is 1.68. The van der Waals surface area contributed by atoms with Crippen LogP contribution in [0.15, 0.2) is 61.4 Å². The van der Waals surface area contributed by atoms with Crippen molar-refractivity contribution in [1.29, 1.82) is 5.26 Å². The van der Waals surface area contributed by atoms with Crippen molar-refractivity contribution in [2.75, 3.05) is 56.7 Å². The number of nitrogens with one attached hydrogen (secondary N) is 1. The van der Waals surface area contributed by atoms with Gasteiger partial charge >= 0.3 is 0 Å². The summed E-state index contributed by atoms with van der Waals surface area (Å²) < 4.78 is 19.2. The Hall–Kier alpha value is -4.73. The van der Waals surface area contributed by atoms with Gasteiger partial charge in [0.25, 0.3) is 0 Å². The zero-order valence-electron chi connectivity index (χ0n) is 25.8. The van der Waals surface area contributed by atoms with E-state index in [-0.39, 0.29) is 6.10 Å². The average molecular weight is 610 g/mol. The molecule has 12 nitrogen and oxygen atoms in total. The summed E-state index contributed by atoms with van der Waals surface area (Å²) in [5, 5.41) is 17.1. The molecule has 1 unspecified atom stereocenters. The first-order valence-electron chi connectivity index (χ1n) is 15.5. The van der Waals surface area contributed by atoms with Gasteiger partial charge in [-0.3, -0.25) is 9.58 Å². The van der Waals surface area contributed by atoms with Gasteiger partial charge in [-0.25, -0.2) is 15.0 Å². The summed E-state index contributed by atoms with van der Waals surface area (Å²) in [4.78, 5) is 18.1. The first-order valence-corrected chi connectivity index (χ1v) is 15.5. The number of aromatic nitrogens is 5. The molecule has 2 aromatic carbocycles. The highest BCUT2D eigenvalue weighted by atomic mass is 16.5. The van der Waals surface area contributed by atoms with Crippen molar-refractivity contribution < 1.29 is 14.2 Å². The summed E-state index contributed by atoms with van der Waals surface area (Å²) in [6, 6.07) is 14.6. The number of hydrogen-bond acceptors (Lipinski definition) is 11. The minimum atomic E-state index is -0.123. The SMILES string of the molecule is COc1cc(N2CCC(N3CCOCC3)CC2)ccc1Nc1ncc(-c2ccc(C#N)c(OC(C)CCn3cncn3)c2)cn1. The number of anilines is 3.